The van der Waals surface area contributed by atoms with Gasteiger partial charge in [0, 0.05) is 23.7 Å². The molecule has 1 heterocycles. The normalized spacial score (nSPS) is 15.5. The summed E-state index contributed by atoms with van der Waals surface area (Å²) >= 11 is 12.0. The van der Waals surface area contributed by atoms with Crippen molar-refractivity contribution in [2.45, 2.75) is 11.8 Å². The van der Waals surface area contributed by atoms with E-state index in [0.29, 0.717) is 34.5 Å². The van der Waals surface area contributed by atoms with Crippen LogP contribution in [0.15, 0.2) is 41.3 Å². The summed E-state index contributed by atoms with van der Waals surface area (Å²) in [4.78, 5) is 12.8. The summed E-state index contributed by atoms with van der Waals surface area (Å²) in [6.07, 6.45) is 0. The molecule has 1 aliphatic rings. The number of nitrogens with one attached hydrogen (secondary N) is 1. The molecule has 1 fully saturated rings. The Morgan fingerprint density at radius 3 is 2.48 bits per heavy atom. The molecule has 2 aromatic rings. The highest BCUT2D eigenvalue weighted by Crippen LogP contribution is 2.27. The molecule has 6 nitrogen and oxygen atoms in total. The van der Waals surface area contributed by atoms with Gasteiger partial charge < -0.3 is 10.1 Å². The summed E-state index contributed by atoms with van der Waals surface area (Å²) in [5.74, 6) is -0.448. The maximum atomic E-state index is 12.8. The number of hydrogen-bond donors (Lipinski definition) is 1. The number of aryl methyl sites for hydroxylation is 1. The Morgan fingerprint density at radius 1 is 1.11 bits per heavy atom. The predicted molar refractivity (Wildman–Crippen MR) is 105 cm³/mol. The van der Waals surface area contributed by atoms with Crippen LogP contribution in [0.1, 0.15) is 15.9 Å². The van der Waals surface area contributed by atoms with Gasteiger partial charge in [0.05, 0.1) is 28.8 Å². The van der Waals surface area contributed by atoms with E-state index in [9.17, 15) is 13.2 Å². The molecule has 1 saturated heterocycles. The van der Waals surface area contributed by atoms with Crippen LogP contribution < -0.4 is 5.32 Å². The fourth-order valence-corrected chi connectivity index (χ4v) is 4.61. The summed E-state index contributed by atoms with van der Waals surface area (Å²) in [7, 11) is -3.69. The molecule has 1 amide bonds. The third-order valence-corrected chi connectivity index (χ3v) is 6.68. The second-order valence-electron chi connectivity index (χ2n) is 6.07. The Bertz CT molecular complexity index is 973. The number of rotatable bonds is 4. The molecular weight excluding hydrogens is 411 g/mol. The standard InChI is InChI=1S/C18H18Cl2N2O4S/c1-12-2-4-14(27(24,25)22-6-8-26-9-7-22)11-15(12)18(23)21-17-5-3-13(19)10-16(17)20/h2-5,10-11H,6-9H2,1H3,(H,21,23). The minimum Gasteiger partial charge on any atom is -0.379 e. The SMILES string of the molecule is Cc1ccc(S(=O)(=O)N2CCOCC2)cc1C(=O)Nc1ccc(Cl)cc1Cl. The lowest BCUT2D eigenvalue weighted by Gasteiger charge is -2.26. The van der Waals surface area contributed by atoms with Gasteiger partial charge in [0.1, 0.15) is 0 Å². The Hall–Kier alpha value is -1.64. The van der Waals surface area contributed by atoms with Crippen LogP contribution in [0, 0.1) is 6.92 Å². The van der Waals surface area contributed by atoms with E-state index in [-0.39, 0.29) is 23.5 Å². The van der Waals surface area contributed by atoms with Crippen LogP contribution >= 0.6 is 23.2 Å². The van der Waals surface area contributed by atoms with Crippen LogP contribution in [0.4, 0.5) is 5.69 Å². The summed E-state index contributed by atoms with van der Waals surface area (Å²) in [6, 6.07) is 9.23. The van der Waals surface area contributed by atoms with Crippen LogP contribution in [-0.4, -0.2) is 44.9 Å². The molecule has 2 aromatic carbocycles. The van der Waals surface area contributed by atoms with E-state index >= 15 is 0 Å². The number of nitrogens with zero attached hydrogens (tertiary/aromatic N) is 1. The van der Waals surface area contributed by atoms with Crippen LogP contribution in [-0.2, 0) is 14.8 Å². The number of carbonyl (C=O) groups is 1. The van der Waals surface area contributed by atoms with E-state index in [1.807, 2.05) is 0 Å². The van der Waals surface area contributed by atoms with E-state index < -0.39 is 15.9 Å². The maximum Gasteiger partial charge on any atom is 0.256 e. The fraction of sp³-hybridized carbons (Fsp3) is 0.278. The van der Waals surface area contributed by atoms with Crippen molar-refractivity contribution in [2.75, 3.05) is 31.6 Å². The number of morpholine rings is 1. The monoisotopic (exact) mass is 428 g/mol. The van der Waals surface area contributed by atoms with Gasteiger partial charge in [-0.1, -0.05) is 29.3 Å². The smallest absolute Gasteiger partial charge is 0.256 e. The van der Waals surface area contributed by atoms with Gasteiger partial charge in [0.15, 0.2) is 0 Å². The first-order chi connectivity index (χ1) is 12.8. The number of ether oxygens (including phenoxy) is 1. The first-order valence-electron chi connectivity index (χ1n) is 8.24. The molecule has 0 radical (unpaired) electrons. The van der Waals surface area contributed by atoms with Gasteiger partial charge in [-0.2, -0.15) is 4.31 Å². The Morgan fingerprint density at radius 2 is 1.81 bits per heavy atom. The molecule has 9 heteroatoms. The molecule has 144 valence electrons. The molecule has 0 aliphatic carbocycles. The molecular formula is C18H18Cl2N2O4S. The number of sulfonamides is 1. The average molecular weight is 429 g/mol. The average Bonchev–Trinajstić information content (AvgIpc) is 2.65. The number of hydrogen-bond acceptors (Lipinski definition) is 4. The third kappa shape index (κ3) is 4.44. The number of anilines is 1. The Labute approximate surface area is 168 Å². The minimum atomic E-state index is -3.69. The molecule has 0 spiro atoms. The molecule has 0 bridgehead atoms. The second kappa shape index (κ2) is 8.16. The van der Waals surface area contributed by atoms with Crippen molar-refractivity contribution in [2.24, 2.45) is 0 Å². The lowest BCUT2D eigenvalue weighted by Crippen LogP contribution is -2.40. The zero-order chi connectivity index (χ0) is 19.6. The van der Waals surface area contributed by atoms with Gasteiger partial charge in [-0.05, 0) is 42.8 Å². The Balaban J connectivity index is 1.89. The molecule has 0 saturated carbocycles. The topological polar surface area (TPSA) is 75.7 Å². The Kier molecular flexibility index (Phi) is 6.08. The first kappa shape index (κ1) is 20.1. The van der Waals surface area contributed by atoms with Crippen molar-refractivity contribution in [1.82, 2.24) is 4.31 Å². The quantitative estimate of drug-likeness (QED) is 0.807. The van der Waals surface area contributed by atoms with Gasteiger partial charge in [-0.3, -0.25) is 4.79 Å². The van der Waals surface area contributed by atoms with Crippen LogP contribution in [0.25, 0.3) is 0 Å². The summed E-state index contributed by atoms with van der Waals surface area (Å²) in [5, 5.41) is 3.44. The van der Waals surface area contributed by atoms with Gasteiger partial charge in [0.2, 0.25) is 10.0 Å². The molecule has 3 rings (SSSR count). The number of amides is 1. The third-order valence-electron chi connectivity index (χ3n) is 4.24. The van der Waals surface area contributed by atoms with Crippen molar-refractivity contribution in [3.05, 3.63) is 57.6 Å². The predicted octanol–water partition coefficient (Wildman–Crippen LogP) is 3.58. The van der Waals surface area contributed by atoms with Crippen molar-refractivity contribution in [3.63, 3.8) is 0 Å². The molecule has 1 N–H and O–H groups in total. The number of carbonyl (C=O) groups excluding carboxylic acids is 1. The second-order valence-corrected chi connectivity index (χ2v) is 8.85. The number of benzene rings is 2. The highest BCUT2D eigenvalue weighted by atomic mass is 35.5. The van der Waals surface area contributed by atoms with Crippen molar-refractivity contribution < 1.29 is 17.9 Å². The van der Waals surface area contributed by atoms with Gasteiger partial charge in [-0.25, -0.2) is 8.42 Å². The highest BCUT2D eigenvalue weighted by Gasteiger charge is 2.27. The lowest BCUT2D eigenvalue weighted by atomic mass is 10.1. The molecule has 27 heavy (non-hydrogen) atoms. The number of halogens is 2. The van der Waals surface area contributed by atoms with E-state index in [2.05, 4.69) is 5.32 Å². The van der Waals surface area contributed by atoms with Gasteiger partial charge in [-0.15, -0.1) is 0 Å². The zero-order valence-electron chi connectivity index (χ0n) is 14.5. The van der Waals surface area contributed by atoms with Crippen molar-refractivity contribution >= 4 is 44.8 Å². The summed E-state index contributed by atoms with van der Waals surface area (Å²) in [5.41, 5.74) is 1.31. The largest absolute Gasteiger partial charge is 0.379 e. The maximum absolute atomic E-state index is 12.8. The summed E-state index contributed by atoms with van der Waals surface area (Å²) < 4.78 is 32.2. The lowest BCUT2D eigenvalue weighted by molar-refractivity contribution is 0.0730. The van der Waals surface area contributed by atoms with E-state index in [1.165, 1.54) is 22.5 Å². The van der Waals surface area contributed by atoms with Gasteiger partial charge in [0.25, 0.3) is 5.91 Å². The van der Waals surface area contributed by atoms with E-state index in [0.717, 1.165) is 0 Å². The van der Waals surface area contributed by atoms with Crippen molar-refractivity contribution in [1.29, 1.82) is 0 Å². The summed E-state index contributed by atoms with van der Waals surface area (Å²) in [6.45, 7) is 3.03. The van der Waals surface area contributed by atoms with Crippen LogP contribution in [0.5, 0.6) is 0 Å². The van der Waals surface area contributed by atoms with E-state index in [1.54, 1.807) is 25.1 Å². The van der Waals surface area contributed by atoms with Crippen LogP contribution in [0.3, 0.4) is 0 Å². The van der Waals surface area contributed by atoms with Gasteiger partial charge >= 0.3 is 0 Å². The van der Waals surface area contributed by atoms with E-state index in [4.69, 9.17) is 27.9 Å². The highest BCUT2D eigenvalue weighted by molar-refractivity contribution is 7.89. The zero-order valence-corrected chi connectivity index (χ0v) is 16.9. The van der Waals surface area contributed by atoms with Crippen molar-refractivity contribution in [3.8, 4) is 0 Å². The molecule has 0 aromatic heterocycles. The first-order valence-corrected chi connectivity index (χ1v) is 10.4. The molecule has 0 atom stereocenters. The molecule has 1 aliphatic heterocycles. The minimum absolute atomic E-state index is 0.0716. The van der Waals surface area contributed by atoms with Crippen LogP contribution in [0.2, 0.25) is 10.0 Å². The molecule has 0 unspecified atom stereocenters. The fourth-order valence-electron chi connectivity index (χ4n) is 2.72.